The minimum atomic E-state index is 0.915. The van der Waals surface area contributed by atoms with Crippen molar-refractivity contribution in [2.24, 2.45) is 0 Å². The first-order valence-corrected chi connectivity index (χ1v) is 16.2. The third kappa shape index (κ3) is 4.64. The van der Waals surface area contributed by atoms with Crippen LogP contribution in [0.25, 0.3) is 50.0 Å². The molecule has 0 bridgehead atoms. The van der Waals surface area contributed by atoms with Crippen LogP contribution in [0.15, 0.2) is 176 Å². The normalized spacial score (nSPS) is 11.4. The molecule has 0 saturated heterocycles. The van der Waals surface area contributed by atoms with Gasteiger partial charge in [0.05, 0.1) is 16.7 Å². The summed E-state index contributed by atoms with van der Waals surface area (Å²) in [5.74, 6) is 0.915. The van der Waals surface area contributed by atoms with Gasteiger partial charge in [-0.05, 0) is 79.2 Å². The Morgan fingerprint density at radius 3 is 1.85 bits per heavy atom. The summed E-state index contributed by atoms with van der Waals surface area (Å²) in [6.07, 6.45) is 4.08. The molecule has 9 rings (SSSR count). The van der Waals surface area contributed by atoms with Crippen molar-refractivity contribution in [1.29, 1.82) is 0 Å². The first-order chi connectivity index (χ1) is 23.7. The fourth-order valence-electron chi connectivity index (χ4n) is 6.91. The van der Waals surface area contributed by atoms with Crippen molar-refractivity contribution in [2.75, 3.05) is 4.90 Å². The molecule has 5 nitrogen and oxygen atoms in total. The van der Waals surface area contributed by atoms with Gasteiger partial charge in [-0.25, -0.2) is 4.98 Å². The van der Waals surface area contributed by atoms with Crippen molar-refractivity contribution in [2.45, 2.75) is 6.92 Å². The van der Waals surface area contributed by atoms with Crippen LogP contribution < -0.4 is 4.90 Å². The molecule has 0 aliphatic heterocycles. The van der Waals surface area contributed by atoms with Crippen LogP contribution in [-0.2, 0) is 0 Å². The van der Waals surface area contributed by atoms with Crippen LogP contribution in [0.5, 0.6) is 0 Å². The van der Waals surface area contributed by atoms with E-state index in [1.807, 2.05) is 12.3 Å². The van der Waals surface area contributed by atoms with Gasteiger partial charge in [0, 0.05) is 46.5 Å². The SMILES string of the molecule is Cc1ccnc(-n2c3ccccc3c3ccc(N(c4ccccc4)c4cccc(-n5[cH+]n(-c6ccccc6)c6ccccc65)c4)cc32)c1. The Morgan fingerprint density at radius 2 is 1.08 bits per heavy atom. The summed E-state index contributed by atoms with van der Waals surface area (Å²) in [7, 11) is 0. The van der Waals surface area contributed by atoms with Gasteiger partial charge in [0.25, 0.3) is 0 Å². The van der Waals surface area contributed by atoms with Gasteiger partial charge >= 0.3 is 0 Å². The minimum Gasteiger partial charge on any atom is -0.310 e. The third-order valence-electron chi connectivity index (χ3n) is 9.09. The molecule has 0 atom stereocenters. The van der Waals surface area contributed by atoms with Crippen molar-refractivity contribution in [3.63, 3.8) is 0 Å². The Morgan fingerprint density at radius 1 is 0.479 bits per heavy atom. The number of para-hydroxylation sites is 5. The van der Waals surface area contributed by atoms with Crippen LogP contribution in [0.2, 0.25) is 0 Å². The molecule has 3 heterocycles. The molecule has 0 spiro atoms. The summed E-state index contributed by atoms with van der Waals surface area (Å²) in [6.45, 7) is 2.11. The van der Waals surface area contributed by atoms with Gasteiger partial charge in [-0.2, -0.15) is 9.13 Å². The quantitative estimate of drug-likeness (QED) is 0.174. The van der Waals surface area contributed by atoms with E-state index in [2.05, 4.69) is 190 Å². The van der Waals surface area contributed by atoms with Gasteiger partial charge in [-0.3, -0.25) is 4.57 Å². The number of fused-ring (bicyclic) bond motifs is 4. The van der Waals surface area contributed by atoms with Crippen LogP contribution in [0, 0.1) is 6.92 Å². The van der Waals surface area contributed by atoms with Gasteiger partial charge in [-0.15, -0.1) is 0 Å². The lowest BCUT2D eigenvalue weighted by atomic mass is 10.1. The van der Waals surface area contributed by atoms with E-state index >= 15 is 0 Å². The number of pyridine rings is 1. The fraction of sp³-hybridized carbons (Fsp3) is 0.0233. The largest absolute Gasteiger partial charge is 0.310 e. The molecule has 0 aliphatic carbocycles. The zero-order chi connectivity index (χ0) is 32.0. The lowest BCUT2D eigenvalue weighted by molar-refractivity contribution is 1.01. The number of aryl methyl sites for hydroxylation is 1. The standard InChI is InChI=1S/C43H32N5/c1-31-25-26-44-43(27-31)48-39-20-9-8-19-37(39)38-24-23-36(29-42(38)48)47(33-15-6-3-7-16-33)35-18-12-17-34(28-35)46-30-45(32-13-4-2-5-14-32)40-21-10-11-22-41(40)46/h2-30H,1H3/q+1. The van der Waals surface area contributed by atoms with Crippen molar-refractivity contribution in [1.82, 2.24) is 18.7 Å². The van der Waals surface area contributed by atoms with Gasteiger partial charge in [0.15, 0.2) is 17.4 Å². The van der Waals surface area contributed by atoms with Crippen molar-refractivity contribution >= 4 is 49.9 Å². The van der Waals surface area contributed by atoms with Gasteiger partial charge in [0.1, 0.15) is 17.2 Å². The summed E-state index contributed by atoms with van der Waals surface area (Å²) < 4.78 is 6.82. The highest BCUT2D eigenvalue weighted by Crippen LogP contribution is 2.40. The number of benzene rings is 6. The predicted molar refractivity (Wildman–Crippen MR) is 199 cm³/mol. The summed E-state index contributed by atoms with van der Waals surface area (Å²) in [5, 5.41) is 2.41. The monoisotopic (exact) mass is 618 g/mol. The molecular weight excluding hydrogens is 587 g/mol. The van der Waals surface area contributed by atoms with Crippen LogP contribution >= 0.6 is 0 Å². The van der Waals surface area contributed by atoms with E-state index in [0.29, 0.717) is 0 Å². The number of hydrogen-bond acceptors (Lipinski definition) is 2. The smallest absolute Gasteiger partial charge is 0.168 e. The number of imidazole rings is 1. The Kier molecular flexibility index (Phi) is 6.61. The van der Waals surface area contributed by atoms with Crippen LogP contribution in [-0.4, -0.2) is 18.7 Å². The number of anilines is 3. The molecular formula is C43H32N5+. The Bertz CT molecular complexity index is 2580. The molecule has 0 amide bonds. The van der Waals surface area contributed by atoms with Crippen LogP contribution in [0.1, 0.15) is 5.56 Å². The van der Waals surface area contributed by atoms with Crippen molar-refractivity contribution in [3.05, 3.63) is 182 Å². The molecule has 0 unspecified atom stereocenters. The van der Waals surface area contributed by atoms with E-state index in [0.717, 1.165) is 56.3 Å². The predicted octanol–water partition coefficient (Wildman–Crippen LogP) is 11.0. The number of aromatic nitrogens is 4. The first-order valence-electron chi connectivity index (χ1n) is 16.2. The number of rotatable bonds is 6. The molecule has 0 fully saturated rings. The topological polar surface area (TPSA) is 30.9 Å². The molecule has 5 heteroatoms. The molecule has 9 aromatic rings. The van der Waals surface area contributed by atoms with E-state index in [1.54, 1.807) is 0 Å². The highest BCUT2D eigenvalue weighted by Gasteiger charge is 2.21. The maximum atomic E-state index is 4.81. The number of hydrogen-bond donors (Lipinski definition) is 0. The van der Waals surface area contributed by atoms with E-state index < -0.39 is 0 Å². The van der Waals surface area contributed by atoms with E-state index in [4.69, 9.17) is 4.98 Å². The third-order valence-corrected chi connectivity index (χ3v) is 9.09. The van der Waals surface area contributed by atoms with Gasteiger partial charge in [-0.1, -0.05) is 78.9 Å². The lowest BCUT2D eigenvalue weighted by Gasteiger charge is -2.25. The molecule has 48 heavy (non-hydrogen) atoms. The van der Waals surface area contributed by atoms with E-state index in [-0.39, 0.29) is 0 Å². The van der Waals surface area contributed by atoms with Crippen LogP contribution in [0.4, 0.5) is 17.1 Å². The van der Waals surface area contributed by atoms with E-state index in [1.165, 1.54) is 16.3 Å². The second-order valence-electron chi connectivity index (χ2n) is 12.1. The molecule has 0 aliphatic rings. The van der Waals surface area contributed by atoms with E-state index in [9.17, 15) is 0 Å². The highest BCUT2D eigenvalue weighted by molar-refractivity contribution is 6.10. The molecule has 0 radical (unpaired) electrons. The van der Waals surface area contributed by atoms with Crippen molar-refractivity contribution in [3.8, 4) is 17.2 Å². The average molecular weight is 619 g/mol. The Labute approximate surface area is 278 Å². The maximum Gasteiger partial charge on any atom is 0.168 e. The maximum absolute atomic E-state index is 4.81. The zero-order valence-electron chi connectivity index (χ0n) is 26.5. The lowest BCUT2D eigenvalue weighted by Crippen LogP contribution is -2.10. The summed E-state index contributed by atoms with van der Waals surface area (Å²) in [6, 6.07) is 58.0. The molecule has 228 valence electrons. The molecule has 3 aromatic heterocycles. The molecule has 0 N–H and O–H groups in total. The highest BCUT2D eigenvalue weighted by atomic mass is 15.2. The Hall–Kier alpha value is -6.46. The summed E-state index contributed by atoms with van der Waals surface area (Å²) in [5.41, 5.74) is 11.2. The fourth-order valence-corrected chi connectivity index (χ4v) is 6.91. The summed E-state index contributed by atoms with van der Waals surface area (Å²) in [4.78, 5) is 7.15. The van der Waals surface area contributed by atoms with Gasteiger partial charge < -0.3 is 4.90 Å². The molecule has 0 saturated carbocycles. The van der Waals surface area contributed by atoms with Gasteiger partial charge in [0.2, 0.25) is 0 Å². The minimum absolute atomic E-state index is 0.915. The molecule has 6 aromatic carbocycles. The average Bonchev–Trinajstić information content (AvgIpc) is 3.69. The second kappa shape index (κ2) is 11.4. The number of nitrogens with zero attached hydrogens (tertiary/aromatic N) is 5. The summed E-state index contributed by atoms with van der Waals surface area (Å²) >= 11 is 0. The first kappa shape index (κ1) is 27.8. The van der Waals surface area contributed by atoms with Crippen LogP contribution in [0.3, 0.4) is 0 Å². The Balaban J connectivity index is 1.24. The second-order valence-corrected chi connectivity index (χ2v) is 12.1. The zero-order valence-corrected chi connectivity index (χ0v) is 26.5. The van der Waals surface area contributed by atoms with Crippen molar-refractivity contribution < 1.29 is 0 Å².